The minimum atomic E-state index is -0.523. The largest absolute Gasteiger partial charge is 0.349 e. The van der Waals surface area contributed by atoms with Crippen molar-refractivity contribution in [2.45, 2.75) is 45.1 Å². The van der Waals surface area contributed by atoms with Crippen molar-refractivity contribution in [2.24, 2.45) is 11.8 Å². The van der Waals surface area contributed by atoms with Gasteiger partial charge >= 0.3 is 0 Å². The quantitative estimate of drug-likeness (QED) is 0.586. The molecule has 4 nitrogen and oxygen atoms in total. The van der Waals surface area contributed by atoms with Crippen LogP contribution in [0, 0.1) is 11.7 Å². The van der Waals surface area contributed by atoms with Crippen LogP contribution in [0.1, 0.15) is 49.4 Å². The second kappa shape index (κ2) is 6.70. The van der Waals surface area contributed by atoms with Crippen LogP contribution < -0.4 is 16.6 Å². The summed E-state index contributed by atoms with van der Waals surface area (Å²) in [4.78, 5) is 12.3. The van der Waals surface area contributed by atoms with Gasteiger partial charge in [-0.05, 0) is 37.8 Å². The predicted molar refractivity (Wildman–Crippen MR) is 77.7 cm³/mol. The second-order valence-electron chi connectivity index (χ2n) is 5.47. The first-order valence-electron chi connectivity index (χ1n) is 7.19. The summed E-state index contributed by atoms with van der Waals surface area (Å²) in [6, 6.07) is 4.45. The van der Waals surface area contributed by atoms with E-state index in [1.54, 1.807) is 6.07 Å². The molecule has 0 radical (unpaired) electrons. The fourth-order valence-corrected chi connectivity index (χ4v) is 2.90. The first-order chi connectivity index (χ1) is 9.63. The monoisotopic (exact) mass is 279 g/mol. The van der Waals surface area contributed by atoms with Gasteiger partial charge in [-0.3, -0.25) is 10.6 Å². The normalized spacial score (nSPS) is 17.6. The Morgan fingerprint density at radius 3 is 2.70 bits per heavy atom. The number of hydrogen-bond donors (Lipinski definition) is 3. The Morgan fingerprint density at radius 2 is 2.05 bits per heavy atom. The Hall–Kier alpha value is -1.62. The van der Waals surface area contributed by atoms with Gasteiger partial charge < -0.3 is 10.7 Å². The number of hydrogen-bond acceptors (Lipinski definition) is 3. The van der Waals surface area contributed by atoms with Crippen LogP contribution in [0.15, 0.2) is 18.2 Å². The minimum absolute atomic E-state index is 0.0424. The molecule has 0 aromatic heterocycles. The highest BCUT2D eigenvalue weighted by molar-refractivity contribution is 5.99. The van der Waals surface area contributed by atoms with Gasteiger partial charge in [0.25, 0.3) is 5.91 Å². The highest BCUT2D eigenvalue weighted by Gasteiger charge is 2.23. The zero-order valence-corrected chi connectivity index (χ0v) is 11.8. The molecule has 0 heterocycles. The summed E-state index contributed by atoms with van der Waals surface area (Å²) in [7, 11) is 0. The number of nitrogens with two attached hydrogens (primary N) is 1. The maximum absolute atomic E-state index is 13.6. The number of amides is 1. The number of carbonyl (C=O) groups excluding carboxylic acids is 1. The smallest absolute Gasteiger partial charge is 0.253 e. The van der Waals surface area contributed by atoms with Gasteiger partial charge in [-0.25, -0.2) is 4.39 Å². The highest BCUT2D eigenvalue weighted by Crippen LogP contribution is 2.27. The van der Waals surface area contributed by atoms with Crippen molar-refractivity contribution >= 4 is 11.6 Å². The number of anilines is 1. The van der Waals surface area contributed by atoms with Gasteiger partial charge in [-0.15, -0.1) is 0 Å². The number of rotatable bonds is 4. The van der Waals surface area contributed by atoms with Crippen LogP contribution in [0.3, 0.4) is 0 Å². The Balaban J connectivity index is 2.06. The van der Waals surface area contributed by atoms with E-state index in [9.17, 15) is 9.18 Å². The fraction of sp³-hybridized carbons (Fsp3) is 0.533. The van der Waals surface area contributed by atoms with Gasteiger partial charge in [0.05, 0.1) is 11.3 Å². The molecule has 20 heavy (non-hydrogen) atoms. The molecular weight excluding hydrogens is 257 g/mol. The van der Waals surface area contributed by atoms with E-state index >= 15 is 0 Å². The molecule has 1 amide bonds. The number of nitrogen functional groups attached to an aromatic ring is 1. The Labute approximate surface area is 118 Å². The summed E-state index contributed by atoms with van der Waals surface area (Å²) >= 11 is 0. The predicted octanol–water partition coefficient (Wildman–Crippen LogP) is 2.81. The van der Waals surface area contributed by atoms with E-state index in [4.69, 9.17) is 5.84 Å². The summed E-state index contributed by atoms with van der Waals surface area (Å²) in [5, 5.41) is 2.97. The molecule has 1 aliphatic rings. The average Bonchev–Trinajstić information content (AvgIpc) is 2.47. The number of nitrogens with one attached hydrogen (secondary N) is 2. The molecule has 1 aromatic carbocycles. The maximum Gasteiger partial charge on any atom is 0.253 e. The van der Waals surface area contributed by atoms with Crippen LogP contribution in [0.2, 0.25) is 0 Å². The van der Waals surface area contributed by atoms with Crippen molar-refractivity contribution < 1.29 is 9.18 Å². The summed E-state index contributed by atoms with van der Waals surface area (Å²) < 4.78 is 13.6. The van der Waals surface area contributed by atoms with E-state index in [1.165, 1.54) is 31.4 Å². The van der Waals surface area contributed by atoms with Crippen LogP contribution in [-0.2, 0) is 0 Å². The number of hydrazine groups is 1. The molecule has 2 rings (SSSR count). The van der Waals surface area contributed by atoms with Crippen LogP contribution >= 0.6 is 0 Å². The van der Waals surface area contributed by atoms with E-state index in [0.29, 0.717) is 5.92 Å². The molecule has 0 saturated heterocycles. The van der Waals surface area contributed by atoms with Crippen LogP contribution in [0.5, 0.6) is 0 Å². The fourth-order valence-electron chi connectivity index (χ4n) is 2.90. The standard InChI is InChI=1S/C15H22FN3O/c1-10(11-6-3-2-4-7-11)18-15(20)12-8-5-9-13(16)14(12)19-17/h5,8-11,19H,2-4,6-7,17H2,1H3,(H,18,20). The zero-order chi connectivity index (χ0) is 14.5. The lowest BCUT2D eigenvalue weighted by molar-refractivity contribution is 0.0919. The van der Waals surface area contributed by atoms with Crippen molar-refractivity contribution in [2.75, 3.05) is 5.43 Å². The molecule has 1 atom stereocenters. The minimum Gasteiger partial charge on any atom is -0.349 e. The van der Waals surface area contributed by atoms with Gasteiger partial charge in [0, 0.05) is 6.04 Å². The Bertz CT molecular complexity index is 472. The van der Waals surface area contributed by atoms with Crippen LogP contribution in [0.4, 0.5) is 10.1 Å². The van der Waals surface area contributed by atoms with Crippen LogP contribution in [0.25, 0.3) is 0 Å². The maximum atomic E-state index is 13.6. The topological polar surface area (TPSA) is 67.2 Å². The molecule has 1 aromatic rings. The van der Waals surface area contributed by atoms with Crippen molar-refractivity contribution in [1.82, 2.24) is 5.32 Å². The van der Waals surface area contributed by atoms with Crippen molar-refractivity contribution in [3.63, 3.8) is 0 Å². The third kappa shape index (κ3) is 3.28. The molecular formula is C15H22FN3O. The highest BCUT2D eigenvalue weighted by atomic mass is 19.1. The molecule has 110 valence electrons. The first-order valence-corrected chi connectivity index (χ1v) is 7.19. The first kappa shape index (κ1) is 14.8. The molecule has 1 aliphatic carbocycles. The number of carbonyl (C=O) groups is 1. The van der Waals surface area contributed by atoms with Gasteiger partial charge in [-0.2, -0.15) is 0 Å². The Morgan fingerprint density at radius 1 is 1.35 bits per heavy atom. The lowest BCUT2D eigenvalue weighted by Crippen LogP contribution is -2.39. The van der Waals surface area contributed by atoms with E-state index in [-0.39, 0.29) is 23.2 Å². The number of para-hydroxylation sites is 1. The average molecular weight is 279 g/mol. The van der Waals surface area contributed by atoms with Crippen LogP contribution in [-0.4, -0.2) is 11.9 Å². The molecule has 5 heteroatoms. The van der Waals surface area contributed by atoms with Crippen molar-refractivity contribution in [3.05, 3.63) is 29.6 Å². The Kier molecular flexibility index (Phi) is 4.95. The molecule has 1 saturated carbocycles. The van der Waals surface area contributed by atoms with Crippen molar-refractivity contribution in [3.8, 4) is 0 Å². The van der Waals surface area contributed by atoms with Gasteiger partial charge in [0.2, 0.25) is 0 Å². The zero-order valence-electron chi connectivity index (χ0n) is 11.8. The third-order valence-electron chi connectivity index (χ3n) is 4.12. The summed E-state index contributed by atoms with van der Waals surface area (Å²) in [6.45, 7) is 2.02. The second-order valence-corrected chi connectivity index (χ2v) is 5.47. The molecule has 1 fully saturated rings. The molecule has 0 spiro atoms. The summed E-state index contributed by atoms with van der Waals surface area (Å²) in [6.07, 6.45) is 6.02. The number of benzene rings is 1. The SMILES string of the molecule is CC(NC(=O)c1cccc(F)c1NN)C1CCCCC1. The lowest BCUT2D eigenvalue weighted by atomic mass is 9.84. The van der Waals surface area contributed by atoms with Gasteiger partial charge in [-0.1, -0.05) is 25.3 Å². The molecule has 0 bridgehead atoms. The van der Waals surface area contributed by atoms with Gasteiger partial charge in [0.15, 0.2) is 0 Å². The van der Waals surface area contributed by atoms with Crippen molar-refractivity contribution in [1.29, 1.82) is 0 Å². The molecule has 4 N–H and O–H groups in total. The molecule has 1 unspecified atom stereocenters. The number of halogens is 1. The lowest BCUT2D eigenvalue weighted by Gasteiger charge is -2.28. The third-order valence-corrected chi connectivity index (χ3v) is 4.12. The van der Waals surface area contributed by atoms with E-state index in [0.717, 1.165) is 12.8 Å². The van der Waals surface area contributed by atoms with E-state index < -0.39 is 5.82 Å². The summed E-state index contributed by atoms with van der Waals surface area (Å²) in [5.74, 6) is 5.00. The van der Waals surface area contributed by atoms with E-state index in [1.807, 2.05) is 6.92 Å². The van der Waals surface area contributed by atoms with Gasteiger partial charge in [0.1, 0.15) is 5.82 Å². The molecule has 0 aliphatic heterocycles. The summed E-state index contributed by atoms with van der Waals surface area (Å²) in [5.41, 5.74) is 2.55. The van der Waals surface area contributed by atoms with E-state index in [2.05, 4.69) is 10.7 Å².